The van der Waals surface area contributed by atoms with Crippen LogP contribution in [-0.4, -0.2) is 15.9 Å². The number of hydrogen-bond acceptors (Lipinski definition) is 4. The molecule has 0 saturated carbocycles. The van der Waals surface area contributed by atoms with E-state index in [9.17, 15) is 4.79 Å². The van der Waals surface area contributed by atoms with E-state index in [0.717, 1.165) is 4.88 Å². The van der Waals surface area contributed by atoms with Crippen molar-refractivity contribution in [2.45, 2.75) is 6.42 Å². The molecule has 0 fully saturated rings. The van der Waals surface area contributed by atoms with E-state index in [1.807, 2.05) is 17.5 Å². The second kappa shape index (κ2) is 5.05. The number of hydrogen-bond donors (Lipinski definition) is 1. The first-order valence-corrected chi connectivity index (χ1v) is 5.79. The van der Waals surface area contributed by atoms with Gasteiger partial charge in [0.2, 0.25) is 5.91 Å². The SMILES string of the molecule is O=C(Cc1cccs1)Nc1cnc(Cl)cn1. The van der Waals surface area contributed by atoms with E-state index >= 15 is 0 Å². The molecule has 0 aliphatic heterocycles. The quantitative estimate of drug-likeness (QED) is 0.914. The molecule has 82 valence electrons. The van der Waals surface area contributed by atoms with Crippen molar-refractivity contribution in [3.63, 3.8) is 0 Å². The highest BCUT2D eigenvalue weighted by Crippen LogP contribution is 2.10. The maximum Gasteiger partial charge on any atom is 0.230 e. The Hall–Kier alpha value is -1.46. The van der Waals surface area contributed by atoms with E-state index in [-0.39, 0.29) is 5.91 Å². The van der Waals surface area contributed by atoms with Gasteiger partial charge in [0.1, 0.15) is 5.15 Å². The van der Waals surface area contributed by atoms with Crippen LogP contribution in [0.25, 0.3) is 0 Å². The zero-order valence-corrected chi connectivity index (χ0v) is 9.76. The normalized spacial score (nSPS) is 10.1. The average molecular weight is 254 g/mol. The lowest BCUT2D eigenvalue weighted by Crippen LogP contribution is -2.14. The number of rotatable bonds is 3. The third kappa shape index (κ3) is 3.01. The Kier molecular flexibility index (Phi) is 3.48. The Morgan fingerprint density at radius 1 is 1.44 bits per heavy atom. The first-order chi connectivity index (χ1) is 7.74. The molecule has 4 nitrogen and oxygen atoms in total. The number of amides is 1. The molecule has 0 aliphatic carbocycles. The number of halogens is 1. The molecule has 0 bridgehead atoms. The Balaban J connectivity index is 1.95. The van der Waals surface area contributed by atoms with Gasteiger partial charge in [-0.3, -0.25) is 4.79 Å². The fourth-order valence-electron chi connectivity index (χ4n) is 1.14. The van der Waals surface area contributed by atoms with Gasteiger partial charge >= 0.3 is 0 Å². The molecular formula is C10H8ClN3OS. The number of aromatic nitrogens is 2. The number of anilines is 1. The van der Waals surface area contributed by atoms with Crippen LogP contribution < -0.4 is 5.32 Å². The average Bonchev–Trinajstić information content (AvgIpc) is 2.74. The van der Waals surface area contributed by atoms with Gasteiger partial charge in [-0.25, -0.2) is 9.97 Å². The molecule has 1 N–H and O–H groups in total. The fraction of sp³-hybridized carbons (Fsp3) is 0.100. The largest absolute Gasteiger partial charge is 0.309 e. The van der Waals surface area contributed by atoms with Crippen molar-refractivity contribution in [2.75, 3.05) is 5.32 Å². The lowest BCUT2D eigenvalue weighted by Gasteiger charge is -2.02. The molecule has 2 rings (SSSR count). The van der Waals surface area contributed by atoms with Crippen LogP contribution in [0.15, 0.2) is 29.9 Å². The van der Waals surface area contributed by atoms with Crippen LogP contribution in [-0.2, 0) is 11.2 Å². The summed E-state index contributed by atoms with van der Waals surface area (Å²) in [5.41, 5.74) is 0. The van der Waals surface area contributed by atoms with Gasteiger partial charge in [-0.05, 0) is 11.4 Å². The minimum atomic E-state index is -0.112. The molecule has 0 aromatic carbocycles. The predicted octanol–water partition coefficient (Wildman–Crippen LogP) is 2.37. The van der Waals surface area contributed by atoms with Gasteiger partial charge in [0.05, 0.1) is 18.8 Å². The van der Waals surface area contributed by atoms with Crippen molar-refractivity contribution < 1.29 is 4.79 Å². The highest BCUT2D eigenvalue weighted by Gasteiger charge is 2.05. The Morgan fingerprint density at radius 3 is 2.94 bits per heavy atom. The summed E-state index contributed by atoms with van der Waals surface area (Å²) in [6.45, 7) is 0. The summed E-state index contributed by atoms with van der Waals surface area (Å²) < 4.78 is 0. The highest BCUT2D eigenvalue weighted by molar-refractivity contribution is 7.10. The number of nitrogens with zero attached hydrogens (tertiary/aromatic N) is 2. The molecule has 0 atom stereocenters. The van der Waals surface area contributed by atoms with Gasteiger partial charge in [0, 0.05) is 4.88 Å². The Labute approximate surface area is 101 Å². The van der Waals surface area contributed by atoms with Crippen LogP contribution in [0.3, 0.4) is 0 Å². The maximum atomic E-state index is 11.6. The van der Waals surface area contributed by atoms with Crippen molar-refractivity contribution >= 4 is 34.7 Å². The number of carbonyl (C=O) groups is 1. The zero-order chi connectivity index (χ0) is 11.4. The Bertz CT molecular complexity index is 469. The van der Waals surface area contributed by atoms with Crippen LogP contribution in [0.5, 0.6) is 0 Å². The highest BCUT2D eigenvalue weighted by atomic mass is 35.5. The summed E-state index contributed by atoms with van der Waals surface area (Å²) in [7, 11) is 0. The summed E-state index contributed by atoms with van der Waals surface area (Å²) >= 11 is 7.12. The predicted molar refractivity (Wildman–Crippen MR) is 63.7 cm³/mol. The number of nitrogens with one attached hydrogen (secondary N) is 1. The monoisotopic (exact) mass is 253 g/mol. The van der Waals surface area contributed by atoms with E-state index in [4.69, 9.17) is 11.6 Å². The van der Waals surface area contributed by atoms with Crippen LogP contribution in [0.2, 0.25) is 5.15 Å². The molecule has 2 aromatic rings. The van der Waals surface area contributed by atoms with Crippen LogP contribution in [0.4, 0.5) is 5.82 Å². The van der Waals surface area contributed by atoms with Gasteiger partial charge in [-0.2, -0.15) is 0 Å². The summed E-state index contributed by atoms with van der Waals surface area (Å²) in [6.07, 6.45) is 3.17. The third-order valence-corrected chi connectivity index (χ3v) is 2.87. The lowest BCUT2D eigenvalue weighted by molar-refractivity contribution is -0.115. The van der Waals surface area contributed by atoms with Gasteiger partial charge in [0.25, 0.3) is 0 Å². The maximum absolute atomic E-state index is 11.6. The molecule has 1 amide bonds. The summed E-state index contributed by atoms with van der Waals surface area (Å²) in [5.74, 6) is 0.296. The minimum Gasteiger partial charge on any atom is -0.309 e. The molecule has 0 radical (unpaired) electrons. The molecule has 0 spiro atoms. The topological polar surface area (TPSA) is 54.9 Å². The summed E-state index contributed by atoms with van der Waals surface area (Å²) in [4.78, 5) is 20.3. The van der Waals surface area contributed by atoms with Crippen molar-refractivity contribution in [3.8, 4) is 0 Å². The van der Waals surface area contributed by atoms with Gasteiger partial charge in [0.15, 0.2) is 5.82 Å². The van der Waals surface area contributed by atoms with Crippen LogP contribution in [0, 0.1) is 0 Å². The second-order valence-electron chi connectivity index (χ2n) is 3.03. The van der Waals surface area contributed by atoms with Gasteiger partial charge in [-0.15, -0.1) is 11.3 Å². The van der Waals surface area contributed by atoms with Crippen LogP contribution in [0.1, 0.15) is 4.88 Å². The Morgan fingerprint density at radius 2 is 2.31 bits per heavy atom. The smallest absolute Gasteiger partial charge is 0.230 e. The molecule has 2 aromatic heterocycles. The van der Waals surface area contributed by atoms with Gasteiger partial charge < -0.3 is 5.32 Å². The fourth-order valence-corrected chi connectivity index (χ4v) is 1.94. The van der Waals surface area contributed by atoms with E-state index in [0.29, 0.717) is 17.4 Å². The standard InChI is InChI=1S/C10H8ClN3OS/c11-8-5-13-9(6-12-8)14-10(15)4-7-2-1-3-16-7/h1-3,5-6H,4H2,(H,13,14,15). The summed E-state index contributed by atoms with van der Waals surface area (Å²) in [5, 5.41) is 4.88. The molecular weight excluding hydrogens is 246 g/mol. The molecule has 0 aliphatic rings. The molecule has 0 unspecified atom stereocenters. The first-order valence-electron chi connectivity index (χ1n) is 4.54. The molecule has 6 heteroatoms. The van der Waals surface area contributed by atoms with Gasteiger partial charge in [-0.1, -0.05) is 17.7 Å². The lowest BCUT2D eigenvalue weighted by atomic mass is 10.3. The molecule has 0 saturated heterocycles. The first kappa shape index (κ1) is 11.0. The number of carbonyl (C=O) groups excluding carboxylic acids is 1. The minimum absolute atomic E-state index is 0.112. The number of thiophene rings is 1. The van der Waals surface area contributed by atoms with E-state index < -0.39 is 0 Å². The van der Waals surface area contributed by atoms with Crippen molar-refractivity contribution in [1.82, 2.24) is 9.97 Å². The molecule has 16 heavy (non-hydrogen) atoms. The molecule has 2 heterocycles. The van der Waals surface area contributed by atoms with E-state index in [1.54, 1.807) is 11.3 Å². The van der Waals surface area contributed by atoms with Crippen molar-refractivity contribution in [2.24, 2.45) is 0 Å². The summed E-state index contributed by atoms with van der Waals surface area (Å²) in [6, 6.07) is 3.83. The van der Waals surface area contributed by atoms with E-state index in [2.05, 4.69) is 15.3 Å². The van der Waals surface area contributed by atoms with E-state index in [1.165, 1.54) is 12.4 Å². The second-order valence-corrected chi connectivity index (χ2v) is 4.45. The zero-order valence-electron chi connectivity index (χ0n) is 8.18. The van der Waals surface area contributed by atoms with Crippen LogP contribution >= 0.6 is 22.9 Å². The third-order valence-electron chi connectivity index (χ3n) is 1.80. The van der Waals surface area contributed by atoms with Crippen molar-refractivity contribution in [1.29, 1.82) is 0 Å². The van der Waals surface area contributed by atoms with Crippen molar-refractivity contribution in [3.05, 3.63) is 39.9 Å².